The number of fused-ring (bicyclic) bond motifs is 2. The van der Waals surface area contributed by atoms with E-state index in [1.165, 1.54) is 21.9 Å². The van der Waals surface area contributed by atoms with Gasteiger partial charge in [0.05, 0.1) is 0 Å². The average Bonchev–Trinajstić information content (AvgIpc) is 3.19. The summed E-state index contributed by atoms with van der Waals surface area (Å²) in [4.78, 5) is 11.0. The van der Waals surface area contributed by atoms with E-state index >= 15 is 0 Å². The highest BCUT2D eigenvalue weighted by atomic mass is 16.5. The molecule has 0 aliphatic rings. The smallest absolute Gasteiger partial charge is 0.128 e. The van der Waals surface area contributed by atoms with Crippen molar-refractivity contribution in [2.75, 3.05) is 28.2 Å². The van der Waals surface area contributed by atoms with Gasteiger partial charge in [0.2, 0.25) is 0 Å². The molecule has 0 fully saturated rings. The van der Waals surface area contributed by atoms with Gasteiger partial charge >= 0.3 is 0 Å². The Bertz CT molecular complexity index is 988. The number of ether oxygens (including phenoxy) is 1. The van der Waals surface area contributed by atoms with E-state index in [4.69, 9.17) is 4.74 Å². The van der Waals surface area contributed by atoms with Crippen molar-refractivity contribution in [3.63, 3.8) is 0 Å². The second-order valence-corrected chi connectivity index (χ2v) is 7.62. The van der Waals surface area contributed by atoms with Crippen LogP contribution in [-0.4, -0.2) is 48.0 Å². The first kappa shape index (κ1) is 17.6. The summed E-state index contributed by atoms with van der Waals surface area (Å²) in [5, 5.41) is 2.41. The average molecular weight is 362 g/mol. The third-order valence-corrected chi connectivity index (χ3v) is 4.69. The van der Waals surface area contributed by atoms with E-state index in [1.54, 1.807) is 0 Å². The predicted molar refractivity (Wildman–Crippen MR) is 111 cm³/mol. The highest BCUT2D eigenvalue weighted by molar-refractivity contribution is 5.86. The first-order chi connectivity index (χ1) is 13.0. The molecule has 0 radical (unpaired) electrons. The van der Waals surface area contributed by atoms with Gasteiger partial charge in [0, 0.05) is 47.3 Å². The van der Waals surface area contributed by atoms with Crippen molar-refractivity contribution in [1.29, 1.82) is 0 Å². The number of benzene rings is 2. The summed E-state index contributed by atoms with van der Waals surface area (Å²) in [7, 11) is 8.32. The Hall–Kier alpha value is -2.76. The van der Waals surface area contributed by atoms with Gasteiger partial charge in [-0.05, 0) is 75.7 Å². The number of hydrogen-bond acceptors (Lipinski definition) is 3. The zero-order chi connectivity index (χ0) is 19.0. The molecule has 0 spiro atoms. The molecule has 27 heavy (non-hydrogen) atoms. The largest absolute Gasteiger partial charge is 0.457 e. The molecule has 0 atom stereocenters. The van der Waals surface area contributed by atoms with Crippen LogP contribution < -0.4 is 4.74 Å². The van der Waals surface area contributed by atoms with Gasteiger partial charge in [-0.2, -0.15) is 0 Å². The minimum atomic E-state index is 0.853. The van der Waals surface area contributed by atoms with Crippen LogP contribution in [0.15, 0.2) is 48.8 Å². The van der Waals surface area contributed by atoms with Crippen LogP contribution >= 0.6 is 0 Å². The van der Waals surface area contributed by atoms with E-state index in [0.29, 0.717) is 0 Å². The minimum absolute atomic E-state index is 0.853. The van der Waals surface area contributed by atoms with Crippen LogP contribution in [0.4, 0.5) is 0 Å². The van der Waals surface area contributed by atoms with Crippen molar-refractivity contribution in [1.82, 2.24) is 19.8 Å². The topological polar surface area (TPSA) is 47.3 Å². The minimum Gasteiger partial charge on any atom is -0.457 e. The van der Waals surface area contributed by atoms with Crippen LogP contribution in [0.25, 0.3) is 21.8 Å². The Morgan fingerprint density at radius 2 is 1.15 bits per heavy atom. The first-order valence-corrected chi connectivity index (χ1v) is 9.17. The molecule has 5 nitrogen and oxygen atoms in total. The fourth-order valence-corrected chi connectivity index (χ4v) is 3.52. The fraction of sp³-hybridized carbons (Fsp3) is 0.273. The summed E-state index contributed by atoms with van der Waals surface area (Å²) in [6.07, 6.45) is 4.15. The Morgan fingerprint density at radius 1 is 0.704 bits per heavy atom. The van der Waals surface area contributed by atoms with Gasteiger partial charge < -0.3 is 24.5 Å². The second-order valence-electron chi connectivity index (χ2n) is 7.62. The molecule has 2 heterocycles. The molecule has 0 unspecified atom stereocenters. The van der Waals surface area contributed by atoms with Gasteiger partial charge in [-0.15, -0.1) is 0 Å². The van der Waals surface area contributed by atoms with Gasteiger partial charge in [0.1, 0.15) is 11.5 Å². The van der Waals surface area contributed by atoms with Gasteiger partial charge in [-0.25, -0.2) is 0 Å². The molecule has 5 heteroatoms. The van der Waals surface area contributed by atoms with Crippen molar-refractivity contribution in [3.05, 3.63) is 59.9 Å². The monoisotopic (exact) mass is 362 g/mol. The fourth-order valence-electron chi connectivity index (χ4n) is 3.52. The van der Waals surface area contributed by atoms with Gasteiger partial charge in [-0.3, -0.25) is 0 Å². The van der Waals surface area contributed by atoms with Crippen molar-refractivity contribution in [2.45, 2.75) is 13.1 Å². The van der Waals surface area contributed by atoms with E-state index in [9.17, 15) is 0 Å². The number of nitrogens with zero attached hydrogens (tertiary/aromatic N) is 2. The maximum Gasteiger partial charge on any atom is 0.128 e. The maximum absolute atomic E-state index is 6.20. The lowest BCUT2D eigenvalue weighted by atomic mass is 10.1. The van der Waals surface area contributed by atoms with E-state index in [0.717, 1.165) is 35.6 Å². The molecule has 0 saturated heterocycles. The molecule has 0 saturated carbocycles. The quantitative estimate of drug-likeness (QED) is 0.528. The molecule has 0 aliphatic carbocycles. The SMILES string of the molecule is CN(C)Cc1c[nH]c2ccc(Oc3ccc4[nH]cc(CN(C)C)c4c3)cc12. The number of aromatic nitrogens is 2. The van der Waals surface area contributed by atoms with Crippen LogP contribution in [0, 0.1) is 0 Å². The highest BCUT2D eigenvalue weighted by Gasteiger charge is 2.09. The summed E-state index contributed by atoms with van der Waals surface area (Å²) < 4.78 is 6.20. The van der Waals surface area contributed by atoms with E-state index < -0.39 is 0 Å². The van der Waals surface area contributed by atoms with Gasteiger partial charge in [-0.1, -0.05) is 0 Å². The lowest BCUT2D eigenvalue weighted by Crippen LogP contribution is -2.10. The van der Waals surface area contributed by atoms with Crippen LogP contribution in [0.5, 0.6) is 11.5 Å². The van der Waals surface area contributed by atoms with Crippen molar-refractivity contribution in [2.24, 2.45) is 0 Å². The van der Waals surface area contributed by atoms with Gasteiger partial charge in [0.25, 0.3) is 0 Å². The molecule has 4 aromatic rings. The van der Waals surface area contributed by atoms with Crippen molar-refractivity contribution < 1.29 is 4.74 Å². The van der Waals surface area contributed by atoms with Crippen LogP contribution in [-0.2, 0) is 13.1 Å². The maximum atomic E-state index is 6.20. The molecule has 4 rings (SSSR count). The number of rotatable bonds is 6. The van der Waals surface area contributed by atoms with Crippen LogP contribution in [0.2, 0.25) is 0 Å². The number of nitrogens with one attached hydrogen (secondary N) is 2. The molecule has 0 aliphatic heterocycles. The summed E-state index contributed by atoms with van der Waals surface area (Å²) in [6, 6.07) is 12.4. The first-order valence-electron chi connectivity index (χ1n) is 9.17. The predicted octanol–water partition coefficient (Wildman–Crippen LogP) is 4.56. The Balaban J connectivity index is 1.65. The molecule has 2 aromatic carbocycles. The van der Waals surface area contributed by atoms with E-state index in [1.807, 2.05) is 12.1 Å². The Morgan fingerprint density at radius 3 is 1.56 bits per heavy atom. The summed E-state index contributed by atoms with van der Waals surface area (Å²) in [5.41, 5.74) is 4.81. The second kappa shape index (κ2) is 7.10. The number of H-pyrrole nitrogens is 2. The third kappa shape index (κ3) is 3.70. The summed E-state index contributed by atoms with van der Waals surface area (Å²) in [5.74, 6) is 1.71. The van der Waals surface area contributed by atoms with Crippen molar-refractivity contribution in [3.8, 4) is 11.5 Å². The molecular weight excluding hydrogens is 336 g/mol. The summed E-state index contributed by atoms with van der Waals surface area (Å²) >= 11 is 0. The van der Waals surface area contributed by atoms with E-state index in [-0.39, 0.29) is 0 Å². The molecular formula is C22H26N4O. The van der Waals surface area contributed by atoms with Crippen LogP contribution in [0.1, 0.15) is 11.1 Å². The molecule has 140 valence electrons. The Kier molecular flexibility index (Phi) is 4.64. The van der Waals surface area contributed by atoms with Gasteiger partial charge in [0.15, 0.2) is 0 Å². The standard InChI is InChI=1S/C22H26N4O/c1-25(2)13-15-11-23-21-7-5-17(9-19(15)21)27-18-6-8-22-20(10-18)16(12-24-22)14-26(3)4/h5-12,23-24H,13-14H2,1-4H3. The Labute approximate surface area is 159 Å². The zero-order valence-corrected chi connectivity index (χ0v) is 16.3. The molecule has 0 bridgehead atoms. The lowest BCUT2D eigenvalue weighted by Gasteiger charge is -2.10. The van der Waals surface area contributed by atoms with E-state index in [2.05, 4.69) is 84.6 Å². The lowest BCUT2D eigenvalue weighted by molar-refractivity contribution is 0.404. The third-order valence-electron chi connectivity index (χ3n) is 4.69. The zero-order valence-electron chi connectivity index (χ0n) is 16.3. The number of aromatic amines is 2. The van der Waals surface area contributed by atoms with Crippen LogP contribution in [0.3, 0.4) is 0 Å². The number of hydrogen-bond donors (Lipinski definition) is 2. The molecule has 2 aromatic heterocycles. The normalized spacial score (nSPS) is 11.9. The van der Waals surface area contributed by atoms with Crippen molar-refractivity contribution >= 4 is 21.8 Å². The molecule has 2 N–H and O–H groups in total. The molecule has 0 amide bonds. The highest BCUT2D eigenvalue weighted by Crippen LogP contribution is 2.30. The summed E-state index contributed by atoms with van der Waals surface area (Å²) in [6.45, 7) is 1.79.